The fourth-order valence-electron chi connectivity index (χ4n) is 8.07. The van der Waals surface area contributed by atoms with Gasteiger partial charge in [0.15, 0.2) is 0 Å². The molecule has 0 saturated carbocycles. The van der Waals surface area contributed by atoms with Gasteiger partial charge in [0.2, 0.25) is 17.7 Å². The number of ether oxygens (including phenoxy) is 1. The van der Waals surface area contributed by atoms with Crippen LogP contribution in [-0.2, 0) is 26.3 Å². The monoisotopic (exact) mass is 801 g/mol. The van der Waals surface area contributed by atoms with Gasteiger partial charge in [0, 0.05) is 36.4 Å². The molecule has 302 valence electrons. The van der Waals surface area contributed by atoms with Crippen LogP contribution in [0.25, 0.3) is 11.1 Å². The highest BCUT2D eigenvalue weighted by molar-refractivity contribution is 5.92. The average Bonchev–Trinajstić information content (AvgIpc) is 3.96. The summed E-state index contributed by atoms with van der Waals surface area (Å²) >= 11 is 0. The maximum atomic E-state index is 14.5. The molecule has 1 aliphatic rings. The van der Waals surface area contributed by atoms with Crippen molar-refractivity contribution in [2.45, 2.75) is 43.3 Å². The topological polar surface area (TPSA) is 157 Å². The first-order valence-corrected chi connectivity index (χ1v) is 19.5. The van der Waals surface area contributed by atoms with Gasteiger partial charge in [0.25, 0.3) is 0 Å². The van der Waals surface area contributed by atoms with E-state index in [1.807, 2.05) is 144 Å². The van der Waals surface area contributed by atoms with Crippen molar-refractivity contribution < 1.29 is 34.2 Å². The smallest absolute Gasteiger partial charge is 0.407 e. The van der Waals surface area contributed by atoms with Crippen molar-refractivity contribution in [2.24, 2.45) is 0 Å². The molecule has 0 unspecified atom stereocenters. The Labute approximate surface area is 346 Å². The third kappa shape index (κ3) is 7.35. The normalized spacial score (nSPS) is 12.8. The number of amides is 2. The van der Waals surface area contributed by atoms with Crippen LogP contribution in [0.1, 0.15) is 53.3 Å². The van der Waals surface area contributed by atoms with Crippen molar-refractivity contribution in [2.75, 3.05) is 6.61 Å². The second-order valence-electron chi connectivity index (χ2n) is 15.1. The molecule has 2 aromatic heterocycles. The van der Waals surface area contributed by atoms with Crippen LogP contribution in [0.15, 0.2) is 164 Å². The fraction of sp³-hybridized carbons (Fsp3) is 0.167. The number of carbonyl (C=O) groups excluding carboxylic acids is 3. The third-order valence-corrected chi connectivity index (χ3v) is 10.9. The highest BCUT2D eigenvalue weighted by Gasteiger charge is 2.41. The van der Waals surface area contributed by atoms with Gasteiger partial charge in [-0.2, -0.15) is 0 Å². The number of imidazole rings is 1. The summed E-state index contributed by atoms with van der Waals surface area (Å²) in [6.45, 7) is 2.82. The fourth-order valence-corrected chi connectivity index (χ4v) is 8.07. The van der Waals surface area contributed by atoms with E-state index < -0.39 is 46.8 Å². The molecule has 1 aliphatic carbocycles. The van der Waals surface area contributed by atoms with Crippen molar-refractivity contribution in [3.63, 3.8) is 0 Å². The minimum atomic E-state index is -1.72. The molecular formula is C48H43N5O7. The first-order chi connectivity index (χ1) is 29.1. The molecule has 0 aliphatic heterocycles. The molecule has 1 atom stereocenters. The van der Waals surface area contributed by atoms with Crippen LogP contribution in [0.5, 0.6) is 11.8 Å². The number of hydrogen-bond donors (Lipinski definition) is 4. The van der Waals surface area contributed by atoms with Crippen LogP contribution in [0.4, 0.5) is 4.79 Å². The van der Waals surface area contributed by atoms with E-state index in [0.29, 0.717) is 10.4 Å². The number of alkyl carbamates (subject to hydrolysis) is 1. The molecule has 2 amide bonds. The summed E-state index contributed by atoms with van der Waals surface area (Å²) in [4.78, 5) is 51.7. The Balaban J connectivity index is 1.14. The number of aromatic hydroxyl groups is 2. The highest BCUT2D eigenvalue weighted by Crippen LogP contribution is 2.45. The van der Waals surface area contributed by atoms with Gasteiger partial charge in [0.1, 0.15) is 23.7 Å². The number of nitrogens with one attached hydrogen (secondary N) is 2. The van der Waals surface area contributed by atoms with Gasteiger partial charge in [-0.1, -0.05) is 140 Å². The van der Waals surface area contributed by atoms with Crippen LogP contribution >= 0.6 is 0 Å². The quantitative estimate of drug-likeness (QED) is 0.0915. The Morgan fingerprint density at radius 1 is 0.700 bits per heavy atom. The van der Waals surface area contributed by atoms with Crippen LogP contribution in [0.2, 0.25) is 0 Å². The molecule has 8 rings (SSSR count). The summed E-state index contributed by atoms with van der Waals surface area (Å²) in [6.07, 6.45) is 2.43. The van der Waals surface area contributed by atoms with E-state index in [-0.39, 0.29) is 18.9 Å². The van der Waals surface area contributed by atoms with E-state index in [9.17, 15) is 24.6 Å². The first-order valence-electron chi connectivity index (χ1n) is 19.5. The SMILES string of the molecule is CC(C)(NC(=O)[C@H](Cc1cncn1C(c1ccccc1)(c1ccccc1)c1ccccc1)NC(=O)OCC1c2ccccc2-c2ccccc21)C(=O)On1c(O)ccc1O. The molecule has 12 nitrogen and oxygen atoms in total. The van der Waals surface area contributed by atoms with Gasteiger partial charge in [-0.25, -0.2) is 14.6 Å². The molecule has 7 aromatic rings. The summed E-state index contributed by atoms with van der Waals surface area (Å²) < 4.78 is 8.46. The van der Waals surface area contributed by atoms with Crippen LogP contribution < -0.4 is 15.5 Å². The second kappa shape index (κ2) is 16.3. The van der Waals surface area contributed by atoms with Crippen molar-refractivity contribution in [1.82, 2.24) is 24.9 Å². The van der Waals surface area contributed by atoms with Crippen LogP contribution in [0, 0.1) is 0 Å². The van der Waals surface area contributed by atoms with Crippen molar-refractivity contribution in [1.29, 1.82) is 0 Å². The minimum Gasteiger partial charge on any atom is -0.492 e. The Morgan fingerprint density at radius 3 is 1.70 bits per heavy atom. The van der Waals surface area contributed by atoms with Gasteiger partial charge in [-0.05, 0) is 52.8 Å². The zero-order valence-electron chi connectivity index (χ0n) is 32.9. The maximum Gasteiger partial charge on any atom is 0.407 e. The predicted molar refractivity (Wildman–Crippen MR) is 224 cm³/mol. The number of rotatable bonds is 13. The van der Waals surface area contributed by atoms with E-state index in [0.717, 1.165) is 51.1 Å². The lowest BCUT2D eigenvalue weighted by Crippen LogP contribution is -2.58. The van der Waals surface area contributed by atoms with E-state index in [1.54, 1.807) is 12.5 Å². The molecule has 0 fully saturated rings. The van der Waals surface area contributed by atoms with Gasteiger partial charge < -0.3 is 35.0 Å². The van der Waals surface area contributed by atoms with Gasteiger partial charge in [-0.3, -0.25) is 4.79 Å². The number of carbonyl (C=O) groups is 3. The summed E-state index contributed by atoms with van der Waals surface area (Å²) in [6, 6.07) is 46.9. The summed E-state index contributed by atoms with van der Waals surface area (Å²) in [5.41, 5.74) is 4.85. The third-order valence-electron chi connectivity index (χ3n) is 10.9. The van der Waals surface area contributed by atoms with E-state index in [2.05, 4.69) is 15.6 Å². The largest absolute Gasteiger partial charge is 0.492 e. The maximum absolute atomic E-state index is 14.5. The first kappa shape index (κ1) is 39.2. The predicted octanol–water partition coefficient (Wildman–Crippen LogP) is 6.94. The number of nitrogens with zero attached hydrogens (tertiary/aromatic N) is 3. The van der Waals surface area contributed by atoms with Crippen molar-refractivity contribution >= 4 is 18.0 Å². The summed E-state index contributed by atoms with van der Waals surface area (Å²) in [5, 5.41) is 25.7. The van der Waals surface area contributed by atoms with Crippen molar-refractivity contribution in [3.05, 3.63) is 198 Å². The number of fused-ring (bicyclic) bond motifs is 3. The van der Waals surface area contributed by atoms with Crippen LogP contribution in [-0.4, -0.2) is 60.7 Å². The van der Waals surface area contributed by atoms with Gasteiger partial charge in [-0.15, -0.1) is 4.73 Å². The lowest BCUT2D eigenvalue weighted by atomic mass is 9.76. The molecule has 12 heteroatoms. The molecule has 0 saturated heterocycles. The molecule has 2 heterocycles. The summed E-state index contributed by atoms with van der Waals surface area (Å²) in [7, 11) is 0. The summed E-state index contributed by atoms with van der Waals surface area (Å²) in [5.74, 6) is -3.01. The Bertz CT molecular complexity index is 2480. The second-order valence-corrected chi connectivity index (χ2v) is 15.1. The highest BCUT2D eigenvalue weighted by atomic mass is 16.7. The molecule has 0 bridgehead atoms. The minimum absolute atomic E-state index is 0.00688. The van der Waals surface area contributed by atoms with E-state index in [1.165, 1.54) is 13.8 Å². The average molecular weight is 802 g/mol. The molecule has 4 N–H and O–H groups in total. The van der Waals surface area contributed by atoms with Gasteiger partial charge in [0.05, 0.1) is 6.33 Å². The number of hydrogen-bond acceptors (Lipinski definition) is 8. The van der Waals surface area contributed by atoms with E-state index in [4.69, 9.17) is 9.57 Å². The zero-order chi connectivity index (χ0) is 41.9. The zero-order valence-corrected chi connectivity index (χ0v) is 32.9. The molecule has 5 aromatic carbocycles. The molecular weight excluding hydrogens is 759 g/mol. The lowest BCUT2D eigenvalue weighted by Gasteiger charge is -2.39. The van der Waals surface area contributed by atoms with Crippen molar-refractivity contribution in [3.8, 4) is 22.9 Å². The molecule has 0 radical (unpaired) electrons. The molecule has 60 heavy (non-hydrogen) atoms. The Hall–Kier alpha value is -7.60. The van der Waals surface area contributed by atoms with Gasteiger partial charge >= 0.3 is 12.1 Å². The Morgan fingerprint density at radius 2 is 1.18 bits per heavy atom. The van der Waals surface area contributed by atoms with Crippen LogP contribution in [0.3, 0.4) is 0 Å². The standard InChI is InChI=1S/C48H43N5O7/c1-47(2,45(57)60-53-42(54)26-27-43(53)55)51-44(56)41(50-46(58)59-30-40-38-24-14-12-22-36(38)37-23-13-15-25-39(37)40)28-35-29-49-31-52(35)48(32-16-6-3-7-17-32,33-18-8-4-9-19-33)34-20-10-5-11-21-34/h3-27,29,31,40-41,54-55H,28,30H2,1-2H3,(H,50,58)(H,51,56)/t41-/m0/s1. The lowest BCUT2D eigenvalue weighted by molar-refractivity contribution is -0.154. The number of benzene rings is 5. The number of aromatic nitrogens is 3. The van der Waals surface area contributed by atoms with E-state index >= 15 is 0 Å². The Kier molecular flexibility index (Phi) is 10.7. The molecule has 0 spiro atoms.